The number of para-hydroxylation sites is 1. The SMILES string of the molecule is CC1C=CC(N(c2ccc(-c3ccccc3)cc2)c2ccc(-c3ccccc3-c3ccc(-n4c5ccccc5c5ccc6ccccc6c54)cc3)cc2)=CC1. The van der Waals surface area contributed by atoms with Crippen LogP contribution in [0.1, 0.15) is 13.3 Å². The average molecular weight is 705 g/mol. The molecule has 0 aliphatic heterocycles. The highest BCUT2D eigenvalue weighted by Gasteiger charge is 2.18. The number of fused-ring (bicyclic) bond motifs is 5. The first-order valence-electron chi connectivity index (χ1n) is 19.2. The Kier molecular flexibility index (Phi) is 8.22. The molecule has 1 heterocycles. The predicted molar refractivity (Wildman–Crippen MR) is 234 cm³/mol. The van der Waals surface area contributed by atoms with Crippen LogP contribution in [0.25, 0.3) is 71.6 Å². The molecular formula is C53H40N2. The fourth-order valence-electron chi connectivity index (χ4n) is 8.33. The number of allylic oxidation sites excluding steroid dienone is 3. The van der Waals surface area contributed by atoms with Gasteiger partial charge < -0.3 is 9.47 Å². The number of rotatable bonds is 7. The summed E-state index contributed by atoms with van der Waals surface area (Å²) >= 11 is 0. The smallest absolute Gasteiger partial charge is 0.0619 e. The molecule has 9 aromatic rings. The number of benzene rings is 8. The Labute approximate surface area is 322 Å². The van der Waals surface area contributed by atoms with E-state index in [9.17, 15) is 0 Å². The monoisotopic (exact) mass is 704 g/mol. The summed E-state index contributed by atoms with van der Waals surface area (Å²) in [6, 6.07) is 68.4. The van der Waals surface area contributed by atoms with Gasteiger partial charge in [0.15, 0.2) is 0 Å². The Morgan fingerprint density at radius 1 is 0.473 bits per heavy atom. The Balaban J connectivity index is 1.00. The third kappa shape index (κ3) is 5.93. The Morgan fingerprint density at radius 2 is 1.04 bits per heavy atom. The molecule has 2 nitrogen and oxygen atoms in total. The third-order valence-corrected chi connectivity index (χ3v) is 11.1. The largest absolute Gasteiger partial charge is 0.311 e. The molecule has 0 N–H and O–H groups in total. The molecule has 0 fully saturated rings. The molecule has 0 saturated carbocycles. The van der Waals surface area contributed by atoms with Crippen molar-refractivity contribution in [2.24, 2.45) is 5.92 Å². The molecule has 1 aliphatic carbocycles. The number of hydrogen-bond donors (Lipinski definition) is 0. The van der Waals surface area contributed by atoms with Crippen molar-refractivity contribution < 1.29 is 0 Å². The zero-order valence-electron chi connectivity index (χ0n) is 30.8. The summed E-state index contributed by atoms with van der Waals surface area (Å²) in [5, 5.41) is 5.07. The van der Waals surface area contributed by atoms with E-state index in [2.05, 4.69) is 223 Å². The van der Waals surface area contributed by atoms with Gasteiger partial charge in [0, 0.05) is 38.9 Å². The molecular weight excluding hydrogens is 665 g/mol. The summed E-state index contributed by atoms with van der Waals surface area (Å²) in [4.78, 5) is 2.38. The zero-order chi connectivity index (χ0) is 36.7. The van der Waals surface area contributed by atoms with E-state index in [0.29, 0.717) is 5.92 Å². The summed E-state index contributed by atoms with van der Waals surface area (Å²) in [7, 11) is 0. The van der Waals surface area contributed by atoms with Crippen molar-refractivity contribution in [3.05, 3.63) is 212 Å². The molecule has 1 aromatic heterocycles. The van der Waals surface area contributed by atoms with E-state index >= 15 is 0 Å². The first kappa shape index (κ1) is 32.7. The third-order valence-electron chi connectivity index (χ3n) is 11.1. The minimum Gasteiger partial charge on any atom is -0.311 e. The summed E-state index contributed by atoms with van der Waals surface area (Å²) < 4.78 is 2.43. The second-order valence-electron chi connectivity index (χ2n) is 14.6. The molecule has 1 aliphatic rings. The van der Waals surface area contributed by atoms with Gasteiger partial charge in [0.1, 0.15) is 0 Å². The minimum absolute atomic E-state index is 0.542. The van der Waals surface area contributed by atoms with Gasteiger partial charge in [-0.05, 0) is 99.6 Å². The lowest BCUT2D eigenvalue weighted by molar-refractivity contribution is 0.728. The van der Waals surface area contributed by atoms with Gasteiger partial charge >= 0.3 is 0 Å². The molecule has 10 rings (SSSR count). The number of aromatic nitrogens is 1. The van der Waals surface area contributed by atoms with Crippen molar-refractivity contribution in [2.45, 2.75) is 13.3 Å². The van der Waals surface area contributed by atoms with Gasteiger partial charge in [0.2, 0.25) is 0 Å². The van der Waals surface area contributed by atoms with Gasteiger partial charge in [0.05, 0.1) is 11.0 Å². The molecule has 1 unspecified atom stereocenters. The molecule has 55 heavy (non-hydrogen) atoms. The zero-order valence-corrected chi connectivity index (χ0v) is 30.8. The van der Waals surface area contributed by atoms with E-state index in [1.807, 2.05) is 0 Å². The molecule has 0 spiro atoms. The maximum absolute atomic E-state index is 2.43. The minimum atomic E-state index is 0.542. The molecule has 0 bridgehead atoms. The lowest BCUT2D eigenvalue weighted by Crippen LogP contribution is -2.17. The summed E-state index contributed by atoms with van der Waals surface area (Å²) in [6.07, 6.45) is 7.99. The first-order chi connectivity index (χ1) is 27.2. The van der Waals surface area contributed by atoms with Crippen molar-refractivity contribution in [2.75, 3.05) is 4.90 Å². The van der Waals surface area contributed by atoms with E-state index in [0.717, 1.165) is 23.5 Å². The molecule has 1 atom stereocenters. The van der Waals surface area contributed by atoms with Crippen LogP contribution >= 0.6 is 0 Å². The van der Waals surface area contributed by atoms with Gasteiger partial charge in [0.25, 0.3) is 0 Å². The van der Waals surface area contributed by atoms with Crippen LogP contribution in [-0.2, 0) is 0 Å². The second kappa shape index (κ2) is 13.8. The van der Waals surface area contributed by atoms with Gasteiger partial charge in [-0.3, -0.25) is 0 Å². The maximum Gasteiger partial charge on any atom is 0.0619 e. The standard InChI is InChI=1S/C53H40N2/c1-37-19-28-43(29-20-37)54(44-30-21-39(22-31-44)38-11-3-2-4-12-38)45-32-23-41(24-33-45)47-14-7-8-15-48(47)42-25-34-46(35-26-42)55-52-18-10-9-17-50(52)51-36-27-40-13-5-6-16-49(40)53(51)55/h2-19,21-37H,20H2,1H3. The molecule has 8 aromatic carbocycles. The fraction of sp³-hybridized carbons (Fsp3) is 0.0566. The van der Waals surface area contributed by atoms with Crippen LogP contribution in [0.5, 0.6) is 0 Å². The second-order valence-corrected chi connectivity index (χ2v) is 14.6. The lowest BCUT2D eigenvalue weighted by atomic mass is 9.94. The van der Waals surface area contributed by atoms with E-state index in [1.165, 1.54) is 71.7 Å². The number of anilines is 2. The van der Waals surface area contributed by atoms with Crippen LogP contribution in [0.15, 0.2) is 212 Å². The molecule has 0 saturated heterocycles. The summed E-state index contributed by atoms with van der Waals surface area (Å²) in [5.74, 6) is 0.542. The fourth-order valence-corrected chi connectivity index (χ4v) is 8.33. The number of hydrogen-bond acceptors (Lipinski definition) is 1. The van der Waals surface area contributed by atoms with Gasteiger partial charge in [-0.25, -0.2) is 0 Å². The normalized spacial score (nSPS) is 14.1. The first-order valence-corrected chi connectivity index (χ1v) is 19.2. The molecule has 0 radical (unpaired) electrons. The van der Waals surface area contributed by atoms with Crippen LogP contribution in [0.3, 0.4) is 0 Å². The van der Waals surface area contributed by atoms with Crippen LogP contribution in [-0.4, -0.2) is 4.57 Å². The predicted octanol–water partition coefficient (Wildman–Crippen LogP) is 14.6. The lowest BCUT2D eigenvalue weighted by Gasteiger charge is -2.29. The highest BCUT2D eigenvalue weighted by molar-refractivity contribution is 6.18. The topological polar surface area (TPSA) is 8.17 Å². The quantitative estimate of drug-likeness (QED) is 0.160. The van der Waals surface area contributed by atoms with Crippen molar-refractivity contribution >= 4 is 44.0 Å². The molecule has 0 amide bonds. The van der Waals surface area contributed by atoms with E-state index in [1.54, 1.807) is 0 Å². The Morgan fingerprint density at radius 3 is 1.71 bits per heavy atom. The summed E-state index contributed by atoms with van der Waals surface area (Å²) in [5.41, 5.74) is 14.4. The summed E-state index contributed by atoms with van der Waals surface area (Å²) in [6.45, 7) is 2.27. The highest BCUT2D eigenvalue weighted by Crippen LogP contribution is 2.40. The van der Waals surface area contributed by atoms with Crippen molar-refractivity contribution in [1.82, 2.24) is 4.57 Å². The van der Waals surface area contributed by atoms with Gasteiger partial charge in [-0.1, -0.05) is 165 Å². The van der Waals surface area contributed by atoms with Crippen molar-refractivity contribution in [1.29, 1.82) is 0 Å². The van der Waals surface area contributed by atoms with Gasteiger partial charge in [-0.15, -0.1) is 0 Å². The van der Waals surface area contributed by atoms with E-state index in [-0.39, 0.29) is 0 Å². The number of nitrogens with zero attached hydrogens (tertiary/aromatic N) is 2. The maximum atomic E-state index is 2.43. The van der Waals surface area contributed by atoms with Crippen LogP contribution < -0.4 is 4.90 Å². The Hall–Kier alpha value is -6.90. The van der Waals surface area contributed by atoms with E-state index in [4.69, 9.17) is 0 Å². The van der Waals surface area contributed by atoms with Crippen molar-refractivity contribution in [3.8, 4) is 39.1 Å². The van der Waals surface area contributed by atoms with Crippen LogP contribution in [0, 0.1) is 5.92 Å². The van der Waals surface area contributed by atoms with Gasteiger partial charge in [-0.2, -0.15) is 0 Å². The molecule has 262 valence electrons. The Bertz CT molecular complexity index is 2870. The van der Waals surface area contributed by atoms with Crippen LogP contribution in [0.4, 0.5) is 11.4 Å². The van der Waals surface area contributed by atoms with Crippen LogP contribution in [0.2, 0.25) is 0 Å². The van der Waals surface area contributed by atoms with Crippen molar-refractivity contribution in [3.63, 3.8) is 0 Å². The molecule has 2 heteroatoms. The highest BCUT2D eigenvalue weighted by atomic mass is 15.1. The van der Waals surface area contributed by atoms with E-state index < -0.39 is 0 Å². The average Bonchev–Trinajstić information content (AvgIpc) is 3.60.